The Balaban J connectivity index is 1.43. The molecule has 0 spiro atoms. The van der Waals surface area contributed by atoms with Crippen molar-refractivity contribution in [2.75, 3.05) is 19.8 Å². The van der Waals surface area contributed by atoms with Crippen LogP contribution >= 0.6 is 0 Å². The smallest absolute Gasteiger partial charge is 0.254 e. The highest BCUT2D eigenvalue weighted by Crippen LogP contribution is 2.32. The fraction of sp³-hybridized carbons (Fsp3) is 0.533. The summed E-state index contributed by atoms with van der Waals surface area (Å²) >= 11 is 0. The van der Waals surface area contributed by atoms with Crippen LogP contribution in [-0.2, 0) is 14.3 Å². The summed E-state index contributed by atoms with van der Waals surface area (Å²) in [7, 11) is 0. The number of aliphatic hydroxyl groups excluding tert-OH is 1. The van der Waals surface area contributed by atoms with E-state index in [1.165, 1.54) is 4.90 Å². The SMILES string of the molecule is CCOC(C)COc1cc([C@H](C(=O)N2C[C@H](O)C[C@H]2C(=O)N[C@@H](C)c2ccc(-n3ccnc3C)cc2)C(C)C)on1. The lowest BCUT2D eigenvalue weighted by molar-refractivity contribution is -0.141. The summed E-state index contributed by atoms with van der Waals surface area (Å²) in [6.07, 6.45) is 2.89. The Hall–Kier alpha value is -3.70. The summed E-state index contributed by atoms with van der Waals surface area (Å²) in [4.78, 5) is 33.0. The van der Waals surface area contributed by atoms with Gasteiger partial charge in [0.2, 0.25) is 11.8 Å². The highest BCUT2D eigenvalue weighted by Gasteiger charge is 2.43. The zero-order chi connectivity index (χ0) is 29.7. The van der Waals surface area contributed by atoms with Gasteiger partial charge >= 0.3 is 0 Å². The fourth-order valence-electron chi connectivity index (χ4n) is 5.21. The summed E-state index contributed by atoms with van der Waals surface area (Å²) in [5.74, 6) is 0.0503. The summed E-state index contributed by atoms with van der Waals surface area (Å²) in [6.45, 7) is 12.4. The van der Waals surface area contributed by atoms with Crippen molar-refractivity contribution < 1.29 is 28.7 Å². The van der Waals surface area contributed by atoms with Crippen LogP contribution in [-0.4, -0.2) is 74.5 Å². The van der Waals surface area contributed by atoms with E-state index in [4.69, 9.17) is 14.0 Å². The van der Waals surface area contributed by atoms with Crippen LogP contribution in [0, 0.1) is 12.8 Å². The van der Waals surface area contributed by atoms with E-state index in [9.17, 15) is 14.7 Å². The van der Waals surface area contributed by atoms with E-state index in [-0.39, 0.29) is 48.7 Å². The minimum atomic E-state index is -0.806. The lowest BCUT2D eigenvalue weighted by atomic mass is 9.91. The molecule has 1 aliphatic heterocycles. The largest absolute Gasteiger partial charge is 0.473 e. The van der Waals surface area contributed by atoms with Crippen LogP contribution in [0.1, 0.15) is 70.1 Å². The Kier molecular flexibility index (Phi) is 9.82. The van der Waals surface area contributed by atoms with Crippen molar-refractivity contribution in [1.29, 1.82) is 0 Å². The second-order valence-electron chi connectivity index (χ2n) is 10.9. The van der Waals surface area contributed by atoms with Gasteiger partial charge in [-0.2, -0.15) is 0 Å². The molecule has 0 saturated carbocycles. The Morgan fingerprint density at radius 2 is 1.93 bits per heavy atom. The molecule has 2 aromatic heterocycles. The first-order valence-corrected chi connectivity index (χ1v) is 14.2. The monoisotopic (exact) mass is 567 g/mol. The molecule has 5 atom stereocenters. The Labute approximate surface area is 240 Å². The number of likely N-dealkylation sites (tertiary alicyclic amines) is 1. The number of ether oxygens (including phenoxy) is 2. The van der Waals surface area contributed by atoms with E-state index in [0.29, 0.717) is 19.0 Å². The molecular weight excluding hydrogens is 526 g/mol. The van der Waals surface area contributed by atoms with E-state index in [2.05, 4.69) is 15.5 Å². The predicted molar refractivity (Wildman–Crippen MR) is 152 cm³/mol. The molecule has 41 heavy (non-hydrogen) atoms. The van der Waals surface area contributed by atoms with E-state index < -0.39 is 18.1 Å². The maximum absolute atomic E-state index is 13.8. The standard InChI is InChI=1S/C30H41N5O6/c1-7-39-19(4)17-40-27-15-26(41-33-27)28(18(2)3)30(38)35-16-24(36)14-25(35)29(37)32-20(5)22-8-10-23(11-9-22)34-13-12-31-21(34)6/h8-13,15,18-20,24-25,28,36H,7,14,16-17H2,1-6H3,(H,32,37)/t19?,20-,24+,25-,28+/m0/s1. The zero-order valence-electron chi connectivity index (χ0n) is 24.6. The van der Waals surface area contributed by atoms with Crippen LogP contribution in [0.5, 0.6) is 5.88 Å². The second-order valence-corrected chi connectivity index (χ2v) is 10.9. The number of β-amino-alcohol motifs (C(OH)–C–C–N with tert-alkyl or cyclic N) is 1. The number of nitrogens with zero attached hydrogens (tertiary/aromatic N) is 4. The van der Waals surface area contributed by atoms with E-state index in [1.54, 1.807) is 12.3 Å². The third-order valence-corrected chi connectivity index (χ3v) is 7.38. The maximum atomic E-state index is 13.8. The Morgan fingerprint density at radius 3 is 2.56 bits per heavy atom. The van der Waals surface area contributed by atoms with Crippen LogP contribution in [0.3, 0.4) is 0 Å². The Morgan fingerprint density at radius 1 is 1.20 bits per heavy atom. The number of amides is 2. The van der Waals surface area contributed by atoms with Crippen molar-refractivity contribution in [3.05, 3.63) is 59.9 Å². The van der Waals surface area contributed by atoms with Crippen molar-refractivity contribution in [2.45, 2.75) is 78.2 Å². The first-order valence-electron chi connectivity index (χ1n) is 14.2. The van der Waals surface area contributed by atoms with Gasteiger partial charge in [0.1, 0.15) is 24.4 Å². The molecule has 1 saturated heterocycles. The molecule has 0 bridgehead atoms. The van der Waals surface area contributed by atoms with Crippen LogP contribution < -0.4 is 10.1 Å². The number of rotatable bonds is 12. The van der Waals surface area contributed by atoms with Gasteiger partial charge < -0.3 is 33.9 Å². The van der Waals surface area contributed by atoms with Crippen molar-refractivity contribution in [3.63, 3.8) is 0 Å². The van der Waals surface area contributed by atoms with Gasteiger partial charge in [0, 0.05) is 43.7 Å². The van der Waals surface area contributed by atoms with Crippen molar-refractivity contribution in [2.24, 2.45) is 5.92 Å². The fourth-order valence-corrected chi connectivity index (χ4v) is 5.21. The number of hydrogen-bond acceptors (Lipinski definition) is 8. The van der Waals surface area contributed by atoms with E-state index >= 15 is 0 Å². The minimum Gasteiger partial charge on any atom is -0.473 e. The van der Waals surface area contributed by atoms with Crippen LogP contribution in [0.4, 0.5) is 0 Å². The first-order chi connectivity index (χ1) is 19.6. The van der Waals surface area contributed by atoms with Crippen LogP contribution in [0.2, 0.25) is 0 Å². The third kappa shape index (κ3) is 7.15. The van der Waals surface area contributed by atoms with Crippen molar-refractivity contribution in [1.82, 2.24) is 24.9 Å². The number of benzene rings is 1. The molecule has 2 N–H and O–H groups in total. The molecule has 1 aromatic carbocycles. The highest BCUT2D eigenvalue weighted by atomic mass is 16.6. The molecular formula is C30H41N5O6. The van der Waals surface area contributed by atoms with Gasteiger partial charge in [0.15, 0.2) is 5.76 Å². The highest BCUT2D eigenvalue weighted by molar-refractivity contribution is 5.91. The molecule has 1 aliphatic rings. The third-order valence-electron chi connectivity index (χ3n) is 7.38. The van der Waals surface area contributed by atoms with Gasteiger partial charge in [-0.15, -0.1) is 0 Å². The molecule has 3 heterocycles. The number of aromatic nitrogens is 3. The van der Waals surface area contributed by atoms with Gasteiger partial charge in [-0.25, -0.2) is 4.98 Å². The number of aryl methyl sites for hydroxylation is 1. The normalized spacial score (nSPS) is 19.3. The van der Waals surface area contributed by atoms with Crippen LogP contribution in [0.25, 0.3) is 5.69 Å². The lowest BCUT2D eigenvalue weighted by Gasteiger charge is -2.29. The molecule has 1 fully saturated rings. The molecule has 4 rings (SSSR count). The minimum absolute atomic E-state index is 0.0663. The summed E-state index contributed by atoms with van der Waals surface area (Å²) in [5, 5.41) is 17.5. The van der Waals surface area contributed by atoms with Crippen molar-refractivity contribution >= 4 is 11.8 Å². The van der Waals surface area contributed by atoms with Crippen molar-refractivity contribution in [3.8, 4) is 11.6 Å². The zero-order valence-corrected chi connectivity index (χ0v) is 24.6. The quantitative estimate of drug-likeness (QED) is 0.340. The molecule has 11 heteroatoms. The van der Waals surface area contributed by atoms with Crippen LogP contribution in [0.15, 0.2) is 47.2 Å². The number of carbonyl (C=O) groups is 2. The number of imidazole rings is 1. The summed E-state index contributed by atoms with van der Waals surface area (Å²) in [5.41, 5.74) is 1.90. The Bertz CT molecular complexity index is 1300. The van der Waals surface area contributed by atoms with Gasteiger partial charge in [-0.1, -0.05) is 26.0 Å². The van der Waals surface area contributed by atoms with E-state index in [1.807, 2.05) is 76.6 Å². The van der Waals surface area contributed by atoms with Gasteiger partial charge in [0.05, 0.1) is 18.2 Å². The van der Waals surface area contributed by atoms with Gasteiger partial charge in [-0.3, -0.25) is 9.59 Å². The predicted octanol–water partition coefficient (Wildman–Crippen LogP) is 3.55. The van der Waals surface area contributed by atoms with E-state index in [0.717, 1.165) is 17.1 Å². The molecule has 222 valence electrons. The lowest BCUT2D eigenvalue weighted by Crippen LogP contribution is -2.48. The molecule has 11 nitrogen and oxygen atoms in total. The molecule has 3 aromatic rings. The first kappa shape index (κ1) is 30.3. The average Bonchev–Trinajstić information content (AvgIpc) is 3.67. The molecule has 0 aliphatic carbocycles. The molecule has 2 amide bonds. The maximum Gasteiger partial charge on any atom is 0.254 e. The van der Waals surface area contributed by atoms with Gasteiger partial charge in [-0.05, 0) is 56.5 Å². The number of aliphatic hydroxyl groups is 1. The molecule has 1 unspecified atom stereocenters. The summed E-state index contributed by atoms with van der Waals surface area (Å²) < 4.78 is 18.6. The second kappa shape index (κ2) is 13.3. The molecule has 0 radical (unpaired) electrons. The summed E-state index contributed by atoms with van der Waals surface area (Å²) in [6, 6.07) is 8.37. The number of carbonyl (C=O) groups excluding carboxylic acids is 2. The topological polar surface area (TPSA) is 132 Å². The average molecular weight is 568 g/mol. The van der Waals surface area contributed by atoms with Gasteiger partial charge in [0.25, 0.3) is 5.88 Å². The number of hydrogen-bond donors (Lipinski definition) is 2. The number of nitrogens with one attached hydrogen (secondary N) is 1.